The number of carbonyl (C=O) groups is 2. The number of hydrogen-bond donors (Lipinski definition) is 1. The SMILES string of the molecule is CCCN1C(=O)Cc2ccccc2C1C(=O)NCc1ccc(F)cc1F. The van der Waals surface area contributed by atoms with Crippen LogP contribution in [0.15, 0.2) is 42.5 Å². The molecule has 0 radical (unpaired) electrons. The zero-order chi connectivity index (χ0) is 18.7. The fourth-order valence-electron chi connectivity index (χ4n) is 3.26. The van der Waals surface area contributed by atoms with Gasteiger partial charge in [-0.1, -0.05) is 37.3 Å². The molecule has 1 atom stereocenters. The fourth-order valence-corrected chi connectivity index (χ4v) is 3.26. The van der Waals surface area contributed by atoms with Gasteiger partial charge in [-0.05, 0) is 23.6 Å². The second-order valence-corrected chi connectivity index (χ2v) is 6.32. The number of amides is 2. The molecule has 1 aliphatic rings. The summed E-state index contributed by atoms with van der Waals surface area (Å²) in [6, 6.07) is 9.84. The van der Waals surface area contributed by atoms with Gasteiger partial charge in [0.25, 0.3) is 0 Å². The Bertz CT molecular complexity index is 838. The van der Waals surface area contributed by atoms with Crippen LogP contribution in [0.2, 0.25) is 0 Å². The number of halogens is 2. The lowest BCUT2D eigenvalue weighted by Crippen LogP contribution is -2.47. The molecular formula is C20H20F2N2O2. The molecule has 2 aromatic rings. The summed E-state index contributed by atoms with van der Waals surface area (Å²) in [5, 5.41) is 2.68. The van der Waals surface area contributed by atoms with E-state index in [4.69, 9.17) is 0 Å². The highest BCUT2D eigenvalue weighted by atomic mass is 19.1. The quantitative estimate of drug-likeness (QED) is 0.893. The Morgan fingerprint density at radius 3 is 2.73 bits per heavy atom. The van der Waals surface area contributed by atoms with Crippen LogP contribution in [0, 0.1) is 11.6 Å². The molecule has 1 N–H and O–H groups in total. The van der Waals surface area contributed by atoms with E-state index in [0.717, 1.165) is 29.7 Å². The number of carbonyl (C=O) groups excluding carboxylic acids is 2. The number of hydrogen-bond acceptors (Lipinski definition) is 2. The van der Waals surface area contributed by atoms with Crippen molar-refractivity contribution in [3.63, 3.8) is 0 Å². The maximum Gasteiger partial charge on any atom is 0.247 e. The van der Waals surface area contributed by atoms with E-state index in [1.54, 1.807) is 4.90 Å². The second kappa shape index (κ2) is 7.64. The number of nitrogens with zero attached hydrogens (tertiary/aromatic N) is 1. The van der Waals surface area contributed by atoms with E-state index in [-0.39, 0.29) is 30.3 Å². The van der Waals surface area contributed by atoms with Crippen LogP contribution >= 0.6 is 0 Å². The van der Waals surface area contributed by atoms with Crippen molar-refractivity contribution in [2.75, 3.05) is 6.54 Å². The van der Waals surface area contributed by atoms with E-state index in [0.29, 0.717) is 6.54 Å². The van der Waals surface area contributed by atoms with Crippen LogP contribution in [-0.2, 0) is 22.6 Å². The Kier molecular flexibility index (Phi) is 5.30. The molecule has 4 nitrogen and oxygen atoms in total. The van der Waals surface area contributed by atoms with Gasteiger partial charge in [-0.3, -0.25) is 9.59 Å². The van der Waals surface area contributed by atoms with Crippen LogP contribution in [0.3, 0.4) is 0 Å². The maximum absolute atomic E-state index is 13.8. The monoisotopic (exact) mass is 358 g/mol. The lowest BCUT2D eigenvalue weighted by Gasteiger charge is -2.36. The molecule has 2 aromatic carbocycles. The van der Waals surface area contributed by atoms with Gasteiger partial charge in [-0.15, -0.1) is 0 Å². The smallest absolute Gasteiger partial charge is 0.247 e. The Morgan fingerprint density at radius 2 is 2.00 bits per heavy atom. The van der Waals surface area contributed by atoms with Crippen LogP contribution in [-0.4, -0.2) is 23.3 Å². The number of fused-ring (bicyclic) bond motifs is 1. The first-order valence-electron chi connectivity index (χ1n) is 8.60. The van der Waals surface area contributed by atoms with Gasteiger partial charge in [0.2, 0.25) is 11.8 Å². The van der Waals surface area contributed by atoms with Crippen molar-refractivity contribution in [3.8, 4) is 0 Å². The van der Waals surface area contributed by atoms with Gasteiger partial charge in [0, 0.05) is 24.7 Å². The standard InChI is InChI=1S/C20H20F2N2O2/c1-2-9-24-18(25)10-13-5-3-4-6-16(13)19(24)20(26)23-12-14-7-8-15(21)11-17(14)22/h3-8,11,19H,2,9-10,12H2,1H3,(H,23,26). The van der Waals surface area contributed by atoms with Gasteiger partial charge < -0.3 is 10.2 Å². The molecule has 0 saturated carbocycles. The van der Waals surface area contributed by atoms with Gasteiger partial charge in [-0.2, -0.15) is 0 Å². The van der Waals surface area contributed by atoms with E-state index in [1.165, 1.54) is 6.07 Å². The zero-order valence-electron chi connectivity index (χ0n) is 14.5. The summed E-state index contributed by atoms with van der Waals surface area (Å²) < 4.78 is 26.8. The van der Waals surface area contributed by atoms with Crippen molar-refractivity contribution < 1.29 is 18.4 Å². The summed E-state index contributed by atoms with van der Waals surface area (Å²) in [4.78, 5) is 26.9. The highest BCUT2D eigenvalue weighted by Crippen LogP contribution is 2.30. The molecule has 0 aliphatic carbocycles. The van der Waals surface area contributed by atoms with E-state index >= 15 is 0 Å². The molecule has 0 aromatic heterocycles. The van der Waals surface area contributed by atoms with Gasteiger partial charge >= 0.3 is 0 Å². The van der Waals surface area contributed by atoms with E-state index in [9.17, 15) is 18.4 Å². The Balaban J connectivity index is 1.84. The average Bonchev–Trinajstić information content (AvgIpc) is 2.61. The average molecular weight is 358 g/mol. The minimum absolute atomic E-state index is 0.0717. The molecule has 3 rings (SSSR count). The first-order valence-corrected chi connectivity index (χ1v) is 8.60. The molecule has 2 amide bonds. The summed E-state index contributed by atoms with van der Waals surface area (Å²) >= 11 is 0. The summed E-state index contributed by atoms with van der Waals surface area (Å²) in [5.74, 6) is -1.85. The Hall–Kier alpha value is -2.76. The zero-order valence-corrected chi connectivity index (χ0v) is 14.5. The van der Waals surface area contributed by atoms with Crippen molar-refractivity contribution in [3.05, 3.63) is 70.8 Å². The summed E-state index contributed by atoms with van der Waals surface area (Å²) in [6.07, 6.45) is 0.997. The van der Waals surface area contributed by atoms with Crippen LogP contribution < -0.4 is 5.32 Å². The number of nitrogens with one attached hydrogen (secondary N) is 1. The molecule has 0 bridgehead atoms. The lowest BCUT2D eigenvalue weighted by molar-refractivity contribution is -0.141. The minimum atomic E-state index is -0.740. The van der Waals surface area contributed by atoms with E-state index in [2.05, 4.69) is 5.32 Å². The molecule has 1 heterocycles. The molecule has 136 valence electrons. The topological polar surface area (TPSA) is 49.4 Å². The highest BCUT2D eigenvalue weighted by molar-refractivity contribution is 5.92. The number of rotatable bonds is 5. The number of benzene rings is 2. The van der Waals surface area contributed by atoms with Gasteiger partial charge in [0.15, 0.2) is 0 Å². The Labute approximate surface area is 150 Å². The lowest BCUT2D eigenvalue weighted by atomic mass is 9.91. The normalized spacial score (nSPS) is 16.3. The van der Waals surface area contributed by atoms with Crippen LogP contribution in [0.1, 0.15) is 36.1 Å². The summed E-state index contributed by atoms with van der Waals surface area (Å²) in [5.41, 5.74) is 1.81. The molecule has 6 heteroatoms. The fraction of sp³-hybridized carbons (Fsp3) is 0.300. The van der Waals surface area contributed by atoms with Gasteiger partial charge in [0.05, 0.1) is 6.42 Å². The van der Waals surface area contributed by atoms with Gasteiger partial charge in [-0.25, -0.2) is 8.78 Å². The molecule has 26 heavy (non-hydrogen) atoms. The molecular weight excluding hydrogens is 338 g/mol. The van der Waals surface area contributed by atoms with E-state index in [1.807, 2.05) is 31.2 Å². The Morgan fingerprint density at radius 1 is 1.23 bits per heavy atom. The minimum Gasteiger partial charge on any atom is -0.350 e. The molecule has 1 unspecified atom stereocenters. The largest absolute Gasteiger partial charge is 0.350 e. The predicted molar refractivity (Wildman–Crippen MR) is 93.1 cm³/mol. The van der Waals surface area contributed by atoms with Crippen molar-refractivity contribution in [1.82, 2.24) is 10.2 Å². The van der Waals surface area contributed by atoms with E-state index < -0.39 is 17.7 Å². The first kappa shape index (κ1) is 18.0. The third-order valence-electron chi connectivity index (χ3n) is 4.50. The predicted octanol–water partition coefficient (Wildman–Crippen LogP) is 3.12. The third kappa shape index (κ3) is 3.59. The first-order chi connectivity index (χ1) is 12.5. The van der Waals surface area contributed by atoms with Crippen molar-refractivity contribution in [2.24, 2.45) is 0 Å². The third-order valence-corrected chi connectivity index (χ3v) is 4.50. The molecule has 0 spiro atoms. The second-order valence-electron chi connectivity index (χ2n) is 6.32. The van der Waals surface area contributed by atoms with Crippen LogP contribution in [0.4, 0.5) is 8.78 Å². The summed E-state index contributed by atoms with van der Waals surface area (Å²) in [6.45, 7) is 2.34. The van der Waals surface area contributed by atoms with Gasteiger partial charge in [0.1, 0.15) is 17.7 Å². The summed E-state index contributed by atoms with van der Waals surface area (Å²) in [7, 11) is 0. The van der Waals surface area contributed by atoms with Crippen molar-refractivity contribution >= 4 is 11.8 Å². The van der Waals surface area contributed by atoms with Crippen LogP contribution in [0.5, 0.6) is 0 Å². The van der Waals surface area contributed by atoms with Crippen molar-refractivity contribution in [2.45, 2.75) is 32.4 Å². The molecule has 0 saturated heterocycles. The van der Waals surface area contributed by atoms with Crippen molar-refractivity contribution in [1.29, 1.82) is 0 Å². The molecule has 0 fully saturated rings. The highest BCUT2D eigenvalue weighted by Gasteiger charge is 2.36. The van der Waals surface area contributed by atoms with Crippen LogP contribution in [0.25, 0.3) is 0 Å². The maximum atomic E-state index is 13.8. The molecule has 1 aliphatic heterocycles.